The van der Waals surface area contributed by atoms with Gasteiger partial charge in [-0.05, 0) is 54.1 Å². The topological polar surface area (TPSA) is 160 Å². The minimum absolute atomic E-state index is 0. The van der Waals surface area contributed by atoms with Crippen LogP contribution in [0.15, 0.2) is 134 Å². The molecule has 0 saturated heterocycles. The molecule has 1 radical (unpaired) electrons. The number of halogens is 3. The average molecular weight is 884 g/mol. The Balaban J connectivity index is 0.000000746. The van der Waals surface area contributed by atoms with Gasteiger partial charge < -0.3 is 9.12 Å². The van der Waals surface area contributed by atoms with E-state index in [0.717, 1.165) is 40.2 Å². The van der Waals surface area contributed by atoms with Gasteiger partial charge in [-0.15, -0.1) is 0 Å². The van der Waals surface area contributed by atoms with Gasteiger partial charge in [-0.3, -0.25) is 9.97 Å². The van der Waals surface area contributed by atoms with E-state index in [-0.39, 0.29) is 20.4 Å². The molecule has 15 heteroatoms. The zero-order valence-corrected chi connectivity index (χ0v) is 29.6. The van der Waals surface area contributed by atoms with E-state index >= 15 is 0 Å². The normalized spacial score (nSPS) is 9.45. The molecule has 0 aliphatic carbocycles. The number of aromatic nitrogens is 4. The van der Waals surface area contributed by atoms with Crippen LogP contribution in [0.2, 0.25) is 0 Å². The number of fused-ring (bicyclic) bond motifs is 1. The molecule has 0 aliphatic heterocycles. The van der Waals surface area contributed by atoms with Crippen LogP contribution in [0.4, 0.5) is 13.2 Å². The van der Waals surface area contributed by atoms with Crippen molar-refractivity contribution in [3.8, 4) is 23.4 Å². The van der Waals surface area contributed by atoms with Crippen molar-refractivity contribution in [2.45, 2.75) is 12.1 Å². The number of hydrogen-bond acceptors (Lipinski definition) is 6. The van der Waals surface area contributed by atoms with Crippen LogP contribution >= 0.6 is 0 Å². The molecule has 0 fully saturated rings. The minimum Gasteiger partial charge on any atom is -0.318 e. The Labute approximate surface area is 306 Å². The third-order valence-electron chi connectivity index (χ3n) is 5.82. The summed E-state index contributed by atoms with van der Waals surface area (Å²) in [6.45, 7) is 14.3. The summed E-state index contributed by atoms with van der Waals surface area (Å²) in [6, 6.07) is 38.3. The first-order valence-electron chi connectivity index (χ1n) is 13.6. The molecule has 51 heavy (non-hydrogen) atoms. The summed E-state index contributed by atoms with van der Waals surface area (Å²) in [5.41, 5.74) is 0.657. The third-order valence-corrected chi connectivity index (χ3v) is 6.39. The van der Waals surface area contributed by atoms with Crippen LogP contribution in [0, 0.1) is 31.8 Å². The van der Waals surface area contributed by atoms with Crippen molar-refractivity contribution < 1.29 is 60.5 Å². The fourth-order valence-electron chi connectivity index (χ4n) is 3.79. The smallest absolute Gasteiger partial charge is 0.160 e. The Morgan fingerprint density at radius 3 is 1.67 bits per heavy atom. The van der Waals surface area contributed by atoms with Gasteiger partial charge in [-0.1, -0.05) is 78.6 Å². The fraction of sp³-hybridized carbons (Fsp3) is 0.0556. The molecular weight excluding hydrogens is 860 g/mol. The first-order chi connectivity index (χ1) is 24.1. The summed E-state index contributed by atoms with van der Waals surface area (Å²) in [6.07, 6.45) is 5.30. The molecular formula is C36H24F3N4O6ReS-. The maximum Gasteiger partial charge on any atom is 0.160 e. The van der Waals surface area contributed by atoms with E-state index in [1.165, 1.54) is 5.56 Å². The maximum atomic E-state index is 10.7. The molecule has 0 amide bonds. The number of alkyl halides is 3. The zero-order valence-electron chi connectivity index (χ0n) is 26.1. The Morgan fingerprint density at radius 1 is 0.686 bits per heavy atom. The van der Waals surface area contributed by atoms with E-state index in [4.69, 9.17) is 31.9 Å². The molecule has 259 valence electrons. The fourth-order valence-corrected chi connectivity index (χ4v) is 3.79. The van der Waals surface area contributed by atoms with Crippen LogP contribution in [-0.2, 0) is 51.0 Å². The van der Waals surface area contributed by atoms with Crippen LogP contribution in [0.5, 0.6) is 0 Å². The monoisotopic (exact) mass is 884 g/mol. The van der Waals surface area contributed by atoms with Crippen molar-refractivity contribution in [2.75, 3.05) is 0 Å². The molecule has 6 aromatic rings. The summed E-state index contributed by atoms with van der Waals surface area (Å²) < 4.78 is 83.6. The van der Waals surface area contributed by atoms with Crippen LogP contribution < -0.4 is 0 Å². The second kappa shape index (κ2) is 24.7. The molecule has 3 aromatic heterocycles. The number of para-hydroxylation sites is 2. The van der Waals surface area contributed by atoms with Gasteiger partial charge in [0.05, 0.1) is 11.0 Å². The number of benzene rings is 3. The average Bonchev–Trinajstić information content (AvgIpc) is 3.53. The molecule has 6 rings (SSSR count). The van der Waals surface area contributed by atoms with E-state index in [1.807, 2.05) is 91.1 Å². The number of nitrogens with zero attached hydrogens (tertiary/aromatic N) is 4. The van der Waals surface area contributed by atoms with Gasteiger partial charge in [0, 0.05) is 56.7 Å². The van der Waals surface area contributed by atoms with Crippen molar-refractivity contribution in [2.24, 2.45) is 0 Å². The molecule has 0 spiro atoms. The molecule has 0 atom stereocenters. The summed E-state index contributed by atoms with van der Waals surface area (Å²) >= 11 is 0. The zero-order chi connectivity index (χ0) is 37.4. The predicted octanol–water partition coefficient (Wildman–Crippen LogP) is 6.56. The summed E-state index contributed by atoms with van der Waals surface area (Å²) in [4.78, 5) is 13.2. The van der Waals surface area contributed by atoms with Gasteiger partial charge in [0.1, 0.15) is 5.69 Å². The maximum absolute atomic E-state index is 10.7. The van der Waals surface area contributed by atoms with Crippen LogP contribution in [-0.4, -0.2) is 38.0 Å². The molecule has 0 aliphatic rings. The largest absolute Gasteiger partial charge is 0.318 e. The number of rotatable bonds is 3. The van der Waals surface area contributed by atoms with E-state index in [2.05, 4.69) is 76.7 Å². The Bertz CT molecular complexity index is 2040. The van der Waals surface area contributed by atoms with Crippen LogP contribution in [0.3, 0.4) is 0 Å². The van der Waals surface area contributed by atoms with Crippen molar-refractivity contribution in [3.63, 3.8) is 0 Å². The van der Waals surface area contributed by atoms with Crippen LogP contribution in [0.25, 0.3) is 22.6 Å². The van der Waals surface area contributed by atoms with Gasteiger partial charge in [0.15, 0.2) is 15.9 Å². The Hall–Kier alpha value is -5.43. The van der Waals surface area contributed by atoms with Gasteiger partial charge >= 0.3 is 39.4 Å². The first-order valence-corrected chi connectivity index (χ1v) is 15.0. The van der Waals surface area contributed by atoms with Gasteiger partial charge in [-0.2, -0.15) is 13.2 Å². The first kappa shape index (κ1) is 45.6. The molecule has 10 nitrogen and oxygen atoms in total. The van der Waals surface area contributed by atoms with Crippen molar-refractivity contribution in [1.29, 1.82) is 0 Å². The summed E-state index contributed by atoms with van der Waals surface area (Å²) in [5, 5.41) is 0. The number of pyridine rings is 2. The van der Waals surface area contributed by atoms with E-state index in [0.29, 0.717) is 0 Å². The molecule has 0 saturated carbocycles. The van der Waals surface area contributed by atoms with Gasteiger partial charge in [0.2, 0.25) is 0 Å². The standard InChI is InChI=1S/C19H15N3.C13H9N.CHF3O3S.3CO.Re/c1-2-8-15(9-3-1)14-22-18-12-5-4-10-16(18)21-19(22)17-11-6-7-13-20-17;1-2-4-12(5-3-1)6-7-13-8-10-14-11-9-13;2-1(3,4)8(5,6)7;3*1-2;/h1-13H,14H2;1-5,8-11H;(H,5,6,7);;;;/p-1. The Kier molecular flexibility index (Phi) is 22.0. The van der Waals surface area contributed by atoms with E-state index in [1.54, 1.807) is 12.4 Å². The van der Waals surface area contributed by atoms with E-state index < -0.39 is 15.6 Å². The molecule has 0 unspecified atom stereocenters. The Morgan fingerprint density at radius 2 is 1.16 bits per heavy atom. The molecule has 0 N–H and O–H groups in total. The van der Waals surface area contributed by atoms with E-state index in [9.17, 15) is 13.2 Å². The molecule has 3 aromatic carbocycles. The third kappa shape index (κ3) is 15.8. The second-order valence-corrected chi connectivity index (χ2v) is 10.3. The quantitative estimate of drug-likeness (QED) is 0.0643. The number of hydrogen-bond donors (Lipinski definition) is 0. The van der Waals surface area contributed by atoms with Crippen molar-refractivity contribution in [3.05, 3.63) is 170 Å². The second-order valence-electron chi connectivity index (χ2n) is 8.96. The number of imidazole rings is 1. The van der Waals surface area contributed by atoms with Crippen LogP contribution in [0.1, 0.15) is 16.7 Å². The van der Waals surface area contributed by atoms with Gasteiger partial charge in [-0.25, -0.2) is 13.4 Å². The predicted molar refractivity (Wildman–Crippen MR) is 173 cm³/mol. The van der Waals surface area contributed by atoms with Gasteiger partial charge in [0.25, 0.3) is 0 Å². The molecule has 3 heterocycles. The van der Waals surface area contributed by atoms with Crippen molar-refractivity contribution >= 4 is 21.2 Å². The SMILES string of the molecule is C(#Cc1ccncc1)c1ccccc1.O=S(=O)([O-])C(F)(F)F.[C-]#[O+].[C-]#[O+].[C-]#[O+].[Re].c1ccc(Cn2c(-c3ccccn3)nc3ccccc32)cc1. The summed E-state index contributed by atoms with van der Waals surface area (Å²) in [5.74, 6) is 7.06. The van der Waals surface area contributed by atoms with Crippen molar-refractivity contribution in [1.82, 2.24) is 19.5 Å². The molecule has 0 bridgehead atoms. The summed E-state index contributed by atoms with van der Waals surface area (Å²) in [7, 11) is -6.09. The minimum atomic E-state index is -6.09.